The van der Waals surface area contributed by atoms with Crippen molar-refractivity contribution in [1.29, 1.82) is 0 Å². The van der Waals surface area contributed by atoms with Gasteiger partial charge in [0.05, 0.1) is 0 Å². The number of furan rings is 1. The lowest BCUT2D eigenvalue weighted by atomic mass is 10.1. The largest absolute Gasteiger partial charge is 0.457 e. The molecule has 0 aliphatic carbocycles. The lowest BCUT2D eigenvalue weighted by Gasteiger charge is -2.04. The summed E-state index contributed by atoms with van der Waals surface area (Å²) in [6.45, 7) is 0. The molecule has 0 saturated carbocycles. The third-order valence-corrected chi connectivity index (χ3v) is 3.26. The molecule has 0 unspecified atom stereocenters. The zero-order valence-corrected chi connectivity index (χ0v) is 10.7. The molecule has 0 amide bonds. The Hall–Kier alpha value is -2.74. The van der Waals surface area contributed by atoms with Crippen molar-refractivity contribution < 1.29 is 9.15 Å². The molecule has 4 rings (SSSR count). The Kier molecular flexibility index (Phi) is 2.46. The number of hydrogen-bond acceptors (Lipinski definition) is 2. The van der Waals surface area contributed by atoms with E-state index in [2.05, 4.69) is 12.1 Å². The summed E-state index contributed by atoms with van der Waals surface area (Å²) in [7, 11) is 0. The second-order valence-electron chi connectivity index (χ2n) is 4.59. The van der Waals surface area contributed by atoms with Crippen molar-refractivity contribution >= 4 is 21.9 Å². The van der Waals surface area contributed by atoms with Crippen LogP contribution in [-0.4, -0.2) is 0 Å². The van der Waals surface area contributed by atoms with E-state index in [-0.39, 0.29) is 0 Å². The number of ether oxygens (including phenoxy) is 1. The first-order chi connectivity index (χ1) is 9.90. The van der Waals surface area contributed by atoms with Crippen LogP contribution in [0, 0.1) is 6.07 Å². The highest BCUT2D eigenvalue weighted by molar-refractivity contribution is 6.05. The van der Waals surface area contributed by atoms with Gasteiger partial charge in [0.1, 0.15) is 22.7 Å². The van der Waals surface area contributed by atoms with Crippen LogP contribution in [0.25, 0.3) is 21.9 Å². The van der Waals surface area contributed by atoms with Crippen LogP contribution in [0.5, 0.6) is 11.5 Å². The highest BCUT2D eigenvalue weighted by Crippen LogP contribution is 2.32. The molecule has 2 heteroatoms. The van der Waals surface area contributed by atoms with Gasteiger partial charge in [0, 0.05) is 16.8 Å². The van der Waals surface area contributed by atoms with E-state index in [1.165, 1.54) is 0 Å². The summed E-state index contributed by atoms with van der Waals surface area (Å²) in [5, 5.41) is 2.17. The van der Waals surface area contributed by atoms with E-state index in [0.717, 1.165) is 27.7 Å². The third-order valence-electron chi connectivity index (χ3n) is 3.26. The fourth-order valence-electron chi connectivity index (χ4n) is 2.34. The quantitative estimate of drug-likeness (QED) is 0.495. The minimum Gasteiger partial charge on any atom is -0.457 e. The van der Waals surface area contributed by atoms with Crippen molar-refractivity contribution in [1.82, 2.24) is 0 Å². The van der Waals surface area contributed by atoms with Crippen molar-refractivity contribution in [3.63, 3.8) is 0 Å². The molecule has 0 saturated heterocycles. The van der Waals surface area contributed by atoms with Gasteiger partial charge in [-0.15, -0.1) is 0 Å². The number of benzene rings is 3. The monoisotopic (exact) mass is 259 g/mol. The van der Waals surface area contributed by atoms with Crippen molar-refractivity contribution in [3.05, 3.63) is 72.8 Å². The van der Waals surface area contributed by atoms with Gasteiger partial charge in [0.25, 0.3) is 0 Å². The lowest BCUT2D eigenvalue weighted by Crippen LogP contribution is -1.83. The Morgan fingerprint density at radius 2 is 1.65 bits per heavy atom. The van der Waals surface area contributed by atoms with Crippen LogP contribution in [0.3, 0.4) is 0 Å². The van der Waals surface area contributed by atoms with Crippen LogP contribution in [0.15, 0.2) is 71.1 Å². The Labute approximate surface area is 116 Å². The molecule has 0 bridgehead atoms. The van der Waals surface area contributed by atoms with Gasteiger partial charge in [-0.3, -0.25) is 0 Å². The fourth-order valence-corrected chi connectivity index (χ4v) is 2.34. The van der Waals surface area contributed by atoms with Crippen molar-refractivity contribution in [3.8, 4) is 11.5 Å². The normalized spacial score (nSPS) is 11.0. The van der Waals surface area contributed by atoms with Crippen LogP contribution in [0.4, 0.5) is 0 Å². The Balaban J connectivity index is 1.83. The van der Waals surface area contributed by atoms with E-state index < -0.39 is 0 Å². The smallest absolute Gasteiger partial charge is 0.135 e. The zero-order valence-electron chi connectivity index (χ0n) is 10.7. The average molecular weight is 259 g/mol. The van der Waals surface area contributed by atoms with Gasteiger partial charge < -0.3 is 9.15 Å². The molecule has 2 nitrogen and oxygen atoms in total. The standard InChI is InChI=1S/C18H11O2/c1-2-6-13(7-3-1)19-14-10-11-18-16(12-14)15-8-4-5-9-17(15)20-18/h1-6,8-12H. The number of para-hydroxylation sites is 2. The van der Waals surface area contributed by atoms with Gasteiger partial charge in [-0.1, -0.05) is 36.4 Å². The maximum absolute atomic E-state index is 5.81. The van der Waals surface area contributed by atoms with Crippen LogP contribution in [0.2, 0.25) is 0 Å². The molecule has 0 N–H and O–H groups in total. The number of fused-ring (bicyclic) bond motifs is 3. The van der Waals surface area contributed by atoms with Crippen LogP contribution >= 0.6 is 0 Å². The first-order valence-electron chi connectivity index (χ1n) is 6.46. The van der Waals surface area contributed by atoms with Gasteiger partial charge >= 0.3 is 0 Å². The highest BCUT2D eigenvalue weighted by atomic mass is 16.5. The Morgan fingerprint density at radius 3 is 2.55 bits per heavy atom. The van der Waals surface area contributed by atoms with Gasteiger partial charge in [-0.25, -0.2) is 0 Å². The summed E-state index contributed by atoms with van der Waals surface area (Å²) in [6.07, 6.45) is 0. The first-order valence-corrected chi connectivity index (χ1v) is 6.46. The summed E-state index contributed by atoms with van der Waals surface area (Å²) in [6, 6.07) is 24.5. The minimum absolute atomic E-state index is 0.708. The molecule has 1 aromatic heterocycles. The van der Waals surface area contributed by atoms with E-state index in [0.29, 0.717) is 5.75 Å². The second kappa shape index (κ2) is 4.42. The van der Waals surface area contributed by atoms with Crippen molar-refractivity contribution in [2.75, 3.05) is 0 Å². The van der Waals surface area contributed by atoms with E-state index in [9.17, 15) is 0 Å². The molecule has 0 spiro atoms. The zero-order chi connectivity index (χ0) is 13.4. The molecular formula is C18H11O2. The molecule has 20 heavy (non-hydrogen) atoms. The van der Waals surface area contributed by atoms with Crippen molar-refractivity contribution in [2.24, 2.45) is 0 Å². The van der Waals surface area contributed by atoms with Crippen molar-refractivity contribution in [2.45, 2.75) is 0 Å². The Morgan fingerprint density at radius 1 is 0.800 bits per heavy atom. The van der Waals surface area contributed by atoms with Gasteiger partial charge in [-0.2, -0.15) is 0 Å². The molecule has 1 heterocycles. The highest BCUT2D eigenvalue weighted by Gasteiger charge is 2.07. The summed E-state index contributed by atoms with van der Waals surface area (Å²) in [5.74, 6) is 1.49. The molecule has 0 aliphatic heterocycles. The molecular weight excluding hydrogens is 248 g/mol. The molecule has 3 aromatic carbocycles. The topological polar surface area (TPSA) is 22.4 Å². The summed E-state index contributed by atoms with van der Waals surface area (Å²) >= 11 is 0. The molecule has 1 radical (unpaired) electrons. The average Bonchev–Trinajstić information content (AvgIpc) is 2.86. The third kappa shape index (κ3) is 1.82. The van der Waals surface area contributed by atoms with Crippen LogP contribution in [0.1, 0.15) is 0 Å². The molecule has 95 valence electrons. The molecule has 0 fully saturated rings. The summed E-state index contributed by atoms with van der Waals surface area (Å²) in [5.41, 5.74) is 1.77. The van der Waals surface area contributed by atoms with E-state index in [1.807, 2.05) is 60.7 Å². The van der Waals surface area contributed by atoms with Gasteiger partial charge in [0.2, 0.25) is 0 Å². The molecule has 0 aliphatic rings. The van der Waals surface area contributed by atoms with E-state index >= 15 is 0 Å². The van der Waals surface area contributed by atoms with Crippen LogP contribution in [-0.2, 0) is 0 Å². The summed E-state index contributed by atoms with van der Waals surface area (Å²) in [4.78, 5) is 0. The molecule has 0 atom stereocenters. The second-order valence-corrected chi connectivity index (χ2v) is 4.59. The van der Waals surface area contributed by atoms with Gasteiger partial charge in [-0.05, 0) is 30.3 Å². The predicted molar refractivity (Wildman–Crippen MR) is 79.1 cm³/mol. The predicted octanol–water partition coefficient (Wildman–Crippen LogP) is 5.18. The Bertz CT molecular complexity index is 876. The van der Waals surface area contributed by atoms with Crippen LogP contribution < -0.4 is 4.74 Å². The lowest BCUT2D eigenvalue weighted by molar-refractivity contribution is 0.482. The maximum Gasteiger partial charge on any atom is 0.135 e. The number of hydrogen-bond donors (Lipinski definition) is 0. The minimum atomic E-state index is 0.708. The van der Waals surface area contributed by atoms with E-state index in [1.54, 1.807) is 0 Å². The van der Waals surface area contributed by atoms with E-state index in [4.69, 9.17) is 9.15 Å². The SMILES string of the molecule is [c]1ccccc1Oc1ccc2oc3ccccc3c2c1. The maximum atomic E-state index is 5.81. The molecule has 4 aromatic rings. The number of rotatable bonds is 2. The first kappa shape index (κ1) is 11.1. The summed E-state index contributed by atoms with van der Waals surface area (Å²) < 4.78 is 11.6. The van der Waals surface area contributed by atoms with Gasteiger partial charge in [0.15, 0.2) is 0 Å². The fraction of sp³-hybridized carbons (Fsp3) is 0.